The molecule has 1 aliphatic heterocycles. The molecular weight excluding hydrogens is 386 g/mol. The minimum absolute atomic E-state index is 0.320. The van der Waals surface area contributed by atoms with Gasteiger partial charge in [-0.25, -0.2) is 0 Å². The summed E-state index contributed by atoms with van der Waals surface area (Å²) in [6.07, 6.45) is -0.470. The van der Waals surface area contributed by atoms with Gasteiger partial charge in [0, 0.05) is 50.8 Å². The Kier molecular flexibility index (Phi) is 8.33. The number of aliphatic hydroxyl groups excluding tert-OH is 1. The van der Waals surface area contributed by atoms with Crippen molar-refractivity contribution in [2.45, 2.75) is 19.2 Å². The minimum atomic E-state index is -0.470. The van der Waals surface area contributed by atoms with E-state index in [1.165, 1.54) is 11.1 Å². The van der Waals surface area contributed by atoms with Gasteiger partial charge in [0.25, 0.3) is 0 Å². The van der Waals surface area contributed by atoms with E-state index >= 15 is 0 Å². The summed E-state index contributed by atoms with van der Waals surface area (Å²) in [5, 5.41) is 11.0. The molecule has 0 radical (unpaired) electrons. The average Bonchev–Trinajstić information content (AvgIpc) is 2.69. The second kappa shape index (κ2) is 11.0. The van der Waals surface area contributed by atoms with Crippen molar-refractivity contribution in [3.05, 3.63) is 64.7 Å². The molecule has 0 spiro atoms. The van der Waals surface area contributed by atoms with E-state index in [9.17, 15) is 5.11 Å². The van der Waals surface area contributed by atoms with Crippen LogP contribution in [-0.2, 0) is 13.1 Å². The van der Waals surface area contributed by atoms with Gasteiger partial charge < -0.3 is 14.7 Å². The topological polar surface area (TPSA) is 39.2 Å². The first-order valence-corrected chi connectivity index (χ1v) is 10.6. The van der Waals surface area contributed by atoms with Crippen molar-refractivity contribution in [2.75, 3.05) is 53.4 Å². The number of halogens is 1. The molecule has 2 aromatic carbocycles. The Morgan fingerprint density at radius 1 is 1.03 bits per heavy atom. The molecule has 1 aliphatic rings. The standard InChI is InChI=1S/C23H32ClN3O2/c1-25-10-12-27(13-11-25)17-22(28)18-29-23-8-6-19(7-9-23)15-26(2)16-20-4-3-5-21(24)14-20/h3-9,14,22,28H,10-13,15-18H2,1-2H3/t22-/m1/s1. The molecule has 0 aliphatic carbocycles. The molecule has 0 saturated carbocycles. The molecule has 29 heavy (non-hydrogen) atoms. The third kappa shape index (κ3) is 7.61. The zero-order chi connectivity index (χ0) is 20.6. The van der Waals surface area contributed by atoms with E-state index in [1.807, 2.05) is 30.3 Å². The highest BCUT2D eigenvalue weighted by atomic mass is 35.5. The summed E-state index contributed by atoms with van der Waals surface area (Å²) in [4.78, 5) is 6.86. The number of β-amino-alcohol motifs (C(OH)–C–C–N with tert-alkyl or cyclic N) is 1. The molecule has 158 valence electrons. The van der Waals surface area contributed by atoms with Gasteiger partial charge >= 0.3 is 0 Å². The maximum Gasteiger partial charge on any atom is 0.119 e. The Hall–Kier alpha value is -1.63. The maximum atomic E-state index is 10.3. The van der Waals surface area contributed by atoms with Crippen molar-refractivity contribution in [1.29, 1.82) is 0 Å². The number of piperazine rings is 1. The fourth-order valence-electron chi connectivity index (χ4n) is 3.58. The van der Waals surface area contributed by atoms with Gasteiger partial charge in [-0.15, -0.1) is 0 Å². The average molecular weight is 418 g/mol. The summed E-state index contributed by atoms with van der Waals surface area (Å²) in [7, 11) is 4.23. The number of benzene rings is 2. The molecule has 3 rings (SSSR count). The van der Waals surface area contributed by atoms with Crippen LogP contribution in [0.25, 0.3) is 0 Å². The largest absolute Gasteiger partial charge is 0.491 e. The third-order valence-electron chi connectivity index (χ3n) is 5.22. The fourth-order valence-corrected chi connectivity index (χ4v) is 3.79. The smallest absolute Gasteiger partial charge is 0.119 e. The van der Waals surface area contributed by atoms with Crippen molar-refractivity contribution in [1.82, 2.24) is 14.7 Å². The number of ether oxygens (including phenoxy) is 1. The van der Waals surface area contributed by atoms with E-state index in [0.717, 1.165) is 50.0 Å². The van der Waals surface area contributed by atoms with Crippen LogP contribution in [-0.4, -0.2) is 79.3 Å². The van der Waals surface area contributed by atoms with Crippen LogP contribution in [0.15, 0.2) is 48.5 Å². The second-order valence-electron chi connectivity index (χ2n) is 8.01. The molecule has 0 amide bonds. The minimum Gasteiger partial charge on any atom is -0.491 e. The molecule has 1 saturated heterocycles. The number of rotatable bonds is 9. The van der Waals surface area contributed by atoms with Crippen molar-refractivity contribution >= 4 is 11.6 Å². The van der Waals surface area contributed by atoms with Crippen LogP contribution in [0.4, 0.5) is 0 Å². The molecule has 0 aromatic heterocycles. The summed E-state index contributed by atoms with van der Waals surface area (Å²) >= 11 is 6.06. The molecular formula is C23H32ClN3O2. The summed E-state index contributed by atoms with van der Waals surface area (Å²) in [6, 6.07) is 16.1. The van der Waals surface area contributed by atoms with E-state index in [0.29, 0.717) is 13.2 Å². The molecule has 0 bridgehead atoms. The van der Waals surface area contributed by atoms with Gasteiger partial charge in [0.2, 0.25) is 0 Å². The normalized spacial score (nSPS) is 16.9. The first-order valence-electron chi connectivity index (χ1n) is 10.2. The lowest BCUT2D eigenvalue weighted by Gasteiger charge is -2.33. The lowest BCUT2D eigenvalue weighted by molar-refractivity contribution is 0.0505. The summed E-state index contributed by atoms with van der Waals surface area (Å²) < 4.78 is 5.78. The van der Waals surface area contributed by atoms with Crippen LogP contribution in [0.2, 0.25) is 5.02 Å². The number of aliphatic hydroxyl groups is 1. The van der Waals surface area contributed by atoms with Gasteiger partial charge in [-0.1, -0.05) is 35.9 Å². The SMILES string of the molecule is CN1CCN(C[C@@H](O)COc2ccc(CN(C)Cc3cccc(Cl)c3)cc2)CC1. The predicted molar refractivity (Wildman–Crippen MR) is 119 cm³/mol. The monoisotopic (exact) mass is 417 g/mol. The molecule has 1 fully saturated rings. The second-order valence-corrected chi connectivity index (χ2v) is 8.45. The molecule has 1 N–H and O–H groups in total. The maximum absolute atomic E-state index is 10.3. The van der Waals surface area contributed by atoms with Gasteiger partial charge in [-0.3, -0.25) is 9.80 Å². The highest BCUT2D eigenvalue weighted by molar-refractivity contribution is 6.30. The van der Waals surface area contributed by atoms with Crippen molar-refractivity contribution in [2.24, 2.45) is 0 Å². The van der Waals surface area contributed by atoms with E-state index in [1.54, 1.807) is 0 Å². The first kappa shape index (κ1) is 22.1. The number of hydrogen-bond donors (Lipinski definition) is 1. The fraction of sp³-hybridized carbons (Fsp3) is 0.478. The summed E-state index contributed by atoms with van der Waals surface area (Å²) in [5.74, 6) is 0.795. The number of hydrogen-bond acceptors (Lipinski definition) is 5. The van der Waals surface area contributed by atoms with E-state index in [-0.39, 0.29) is 0 Å². The van der Waals surface area contributed by atoms with Crippen LogP contribution in [0.3, 0.4) is 0 Å². The van der Waals surface area contributed by atoms with Crippen LogP contribution < -0.4 is 4.74 Å². The molecule has 1 heterocycles. The zero-order valence-corrected chi connectivity index (χ0v) is 18.2. The highest BCUT2D eigenvalue weighted by Crippen LogP contribution is 2.16. The van der Waals surface area contributed by atoms with Crippen LogP contribution in [0.1, 0.15) is 11.1 Å². The Labute approximate surface area is 179 Å². The van der Waals surface area contributed by atoms with Gasteiger partial charge in [0.05, 0.1) is 0 Å². The molecule has 5 nitrogen and oxygen atoms in total. The van der Waals surface area contributed by atoms with Crippen molar-refractivity contribution < 1.29 is 9.84 Å². The van der Waals surface area contributed by atoms with E-state index in [2.05, 4.69) is 47.0 Å². The number of likely N-dealkylation sites (N-methyl/N-ethyl adjacent to an activating group) is 1. The van der Waals surface area contributed by atoms with Gasteiger partial charge in [-0.2, -0.15) is 0 Å². The van der Waals surface area contributed by atoms with E-state index in [4.69, 9.17) is 16.3 Å². The molecule has 0 unspecified atom stereocenters. The Balaban J connectivity index is 1.40. The Morgan fingerprint density at radius 3 is 2.41 bits per heavy atom. The zero-order valence-electron chi connectivity index (χ0n) is 17.4. The molecule has 2 aromatic rings. The van der Waals surface area contributed by atoms with Gasteiger partial charge in [0.15, 0.2) is 0 Å². The van der Waals surface area contributed by atoms with Crippen LogP contribution in [0.5, 0.6) is 5.75 Å². The lowest BCUT2D eigenvalue weighted by atomic mass is 10.2. The Morgan fingerprint density at radius 2 is 1.72 bits per heavy atom. The molecule has 6 heteroatoms. The summed E-state index contributed by atoms with van der Waals surface area (Å²) in [6.45, 7) is 6.80. The first-order chi connectivity index (χ1) is 14.0. The van der Waals surface area contributed by atoms with E-state index < -0.39 is 6.10 Å². The van der Waals surface area contributed by atoms with Crippen molar-refractivity contribution in [3.63, 3.8) is 0 Å². The summed E-state index contributed by atoms with van der Waals surface area (Å²) in [5.41, 5.74) is 2.43. The highest BCUT2D eigenvalue weighted by Gasteiger charge is 2.17. The predicted octanol–water partition coefficient (Wildman–Crippen LogP) is 2.96. The van der Waals surface area contributed by atoms with Gasteiger partial charge in [-0.05, 0) is 49.5 Å². The quantitative estimate of drug-likeness (QED) is 0.679. The van der Waals surface area contributed by atoms with Gasteiger partial charge in [0.1, 0.15) is 18.5 Å². The Bertz CT molecular complexity index is 748. The lowest BCUT2D eigenvalue weighted by Crippen LogP contribution is -2.47. The van der Waals surface area contributed by atoms with Crippen LogP contribution in [0, 0.1) is 0 Å². The number of nitrogens with zero attached hydrogens (tertiary/aromatic N) is 3. The molecule has 1 atom stereocenters. The van der Waals surface area contributed by atoms with Crippen LogP contribution >= 0.6 is 11.6 Å². The third-order valence-corrected chi connectivity index (χ3v) is 5.46. The van der Waals surface area contributed by atoms with Crippen molar-refractivity contribution in [3.8, 4) is 5.75 Å².